The largest absolute Gasteiger partial charge is 0.497 e. The van der Waals surface area contributed by atoms with Crippen LogP contribution in [0.4, 0.5) is 0 Å². The van der Waals surface area contributed by atoms with Crippen LogP contribution in [0.15, 0.2) is 24.3 Å². The van der Waals surface area contributed by atoms with Gasteiger partial charge in [-0.2, -0.15) is 0 Å². The highest BCUT2D eigenvalue weighted by molar-refractivity contribution is 6.21. The highest BCUT2D eigenvalue weighted by Gasteiger charge is 2.13. The zero-order valence-electron chi connectivity index (χ0n) is 7.70. The number of methoxy groups -OCH3 is 1. The lowest BCUT2D eigenvalue weighted by Crippen LogP contribution is -2.08. The van der Waals surface area contributed by atoms with E-state index in [4.69, 9.17) is 16.3 Å². The van der Waals surface area contributed by atoms with Crippen molar-refractivity contribution in [3.63, 3.8) is 0 Å². The summed E-state index contributed by atoms with van der Waals surface area (Å²) in [4.78, 5) is 0. The molecule has 0 aliphatic rings. The van der Waals surface area contributed by atoms with Crippen LogP contribution in [0.1, 0.15) is 17.9 Å². The van der Waals surface area contributed by atoms with Gasteiger partial charge in [0.05, 0.1) is 18.6 Å². The van der Waals surface area contributed by atoms with E-state index in [2.05, 4.69) is 0 Å². The van der Waals surface area contributed by atoms with Gasteiger partial charge in [0.25, 0.3) is 0 Å². The van der Waals surface area contributed by atoms with Gasteiger partial charge in [-0.15, -0.1) is 11.6 Å². The summed E-state index contributed by atoms with van der Waals surface area (Å²) in [5.74, 6) is 0.754. The molecule has 0 amide bonds. The maximum absolute atomic E-state index is 9.27. The first-order chi connectivity index (χ1) is 6.15. The fourth-order valence-corrected chi connectivity index (χ4v) is 1.23. The van der Waals surface area contributed by atoms with E-state index in [9.17, 15) is 5.11 Å². The third-order valence-electron chi connectivity index (χ3n) is 1.84. The minimum absolute atomic E-state index is 0.380. The summed E-state index contributed by atoms with van der Waals surface area (Å²) >= 11 is 5.96. The molecule has 0 bridgehead atoms. The predicted octanol–water partition coefficient (Wildman–Crippen LogP) is 2.36. The summed E-state index contributed by atoms with van der Waals surface area (Å²) in [7, 11) is 1.60. The zero-order valence-corrected chi connectivity index (χ0v) is 8.45. The van der Waals surface area contributed by atoms with Crippen molar-refractivity contribution in [2.24, 2.45) is 0 Å². The Morgan fingerprint density at radius 2 is 2.15 bits per heavy atom. The molecule has 0 saturated heterocycles. The van der Waals surface area contributed by atoms with Crippen molar-refractivity contribution in [1.82, 2.24) is 0 Å². The SMILES string of the molecule is COc1cccc(C(Cl)C(C)O)c1. The van der Waals surface area contributed by atoms with E-state index >= 15 is 0 Å². The molecule has 3 heteroatoms. The molecule has 0 saturated carbocycles. The van der Waals surface area contributed by atoms with E-state index in [1.54, 1.807) is 14.0 Å². The lowest BCUT2D eigenvalue weighted by Gasteiger charge is -2.13. The number of ether oxygens (including phenoxy) is 1. The van der Waals surface area contributed by atoms with E-state index in [1.807, 2.05) is 24.3 Å². The number of hydrogen-bond donors (Lipinski definition) is 1. The molecule has 2 nitrogen and oxygen atoms in total. The van der Waals surface area contributed by atoms with Gasteiger partial charge in [0.2, 0.25) is 0 Å². The molecule has 0 heterocycles. The third-order valence-corrected chi connectivity index (χ3v) is 2.45. The summed E-state index contributed by atoms with van der Waals surface area (Å²) < 4.78 is 5.04. The number of benzene rings is 1. The molecule has 1 rings (SSSR count). The highest BCUT2D eigenvalue weighted by atomic mass is 35.5. The van der Waals surface area contributed by atoms with Crippen LogP contribution in [-0.4, -0.2) is 18.3 Å². The molecule has 2 atom stereocenters. The molecular formula is C10H13ClO2. The van der Waals surface area contributed by atoms with Crippen LogP contribution < -0.4 is 4.74 Å². The van der Waals surface area contributed by atoms with E-state index in [0.29, 0.717) is 0 Å². The first-order valence-corrected chi connectivity index (χ1v) is 4.55. The maximum atomic E-state index is 9.27. The summed E-state index contributed by atoms with van der Waals surface area (Å²) in [6.45, 7) is 1.66. The Labute approximate surface area is 83.1 Å². The van der Waals surface area contributed by atoms with Crippen LogP contribution in [0, 0.1) is 0 Å². The van der Waals surface area contributed by atoms with Crippen LogP contribution in [0.3, 0.4) is 0 Å². The summed E-state index contributed by atoms with van der Waals surface area (Å²) in [6, 6.07) is 7.39. The fourth-order valence-electron chi connectivity index (χ4n) is 1.09. The first kappa shape index (κ1) is 10.4. The fraction of sp³-hybridized carbons (Fsp3) is 0.400. The number of halogens is 1. The van der Waals surface area contributed by atoms with Crippen molar-refractivity contribution < 1.29 is 9.84 Å². The standard InChI is InChI=1S/C10H13ClO2/c1-7(12)10(11)8-4-3-5-9(6-8)13-2/h3-7,10,12H,1-2H3. The Morgan fingerprint density at radius 3 is 2.69 bits per heavy atom. The van der Waals surface area contributed by atoms with Crippen molar-refractivity contribution in [3.05, 3.63) is 29.8 Å². The van der Waals surface area contributed by atoms with Crippen molar-refractivity contribution >= 4 is 11.6 Å². The zero-order chi connectivity index (χ0) is 9.84. The quantitative estimate of drug-likeness (QED) is 0.760. The minimum atomic E-state index is -0.561. The lowest BCUT2D eigenvalue weighted by molar-refractivity contribution is 0.189. The molecule has 0 fully saturated rings. The highest BCUT2D eigenvalue weighted by Crippen LogP contribution is 2.26. The van der Waals surface area contributed by atoms with Gasteiger partial charge in [-0.3, -0.25) is 0 Å². The monoisotopic (exact) mass is 200 g/mol. The van der Waals surface area contributed by atoms with Gasteiger partial charge in [0, 0.05) is 0 Å². The molecule has 72 valence electrons. The summed E-state index contributed by atoms with van der Waals surface area (Å²) in [5, 5.41) is 8.89. The molecule has 1 aromatic rings. The third kappa shape index (κ3) is 2.61. The smallest absolute Gasteiger partial charge is 0.119 e. The molecule has 0 aliphatic heterocycles. The topological polar surface area (TPSA) is 29.5 Å². The minimum Gasteiger partial charge on any atom is -0.497 e. The van der Waals surface area contributed by atoms with Crippen LogP contribution >= 0.6 is 11.6 Å². The van der Waals surface area contributed by atoms with Gasteiger partial charge in [0.15, 0.2) is 0 Å². The Hall–Kier alpha value is -0.730. The van der Waals surface area contributed by atoms with Crippen LogP contribution in [0.5, 0.6) is 5.75 Å². The van der Waals surface area contributed by atoms with Gasteiger partial charge in [-0.05, 0) is 24.6 Å². The normalized spacial score (nSPS) is 15.1. The maximum Gasteiger partial charge on any atom is 0.119 e. The molecule has 0 aromatic heterocycles. The summed E-state index contributed by atoms with van der Waals surface area (Å²) in [6.07, 6.45) is -0.561. The van der Waals surface area contributed by atoms with Gasteiger partial charge in [-0.1, -0.05) is 12.1 Å². The molecule has 13 heavy (non-hydrogen) atoms. The number of aliphatic hydroxyl groups is 1. The molecule has 0 spiro atoms. The van der Waals surface area contributed by atoms with E-state index in [-0.39, 0.29) is 5.38 Å². The molecule has 0 radical (unpaired) electrons. The Kier molecular flexibility index (Phi) is 3.58. The van der Waals surface area contributed by atoms with E-state index in [0.717, 1.165) is 11.3 Å². The van der Waals surface area contributed by atoms with Crippen molar-refractivity contribution in [2.75, 3.05) is 7.11 Å². The van der Waals surface area contributed by atoms with Crippen LogP contribution in [0.25, 0.3) is 0 Å². The molecular weight excluding hydrogens is 188 g/mol. The van der Waals surface area contributed by atoms with Crippen LogP contribution in [-0.2, 0) is 0 Å². The van der Waals surface area contributed by atoms with Gasteiger partial charge < -0.3 is 9.84 Å². The van der Waals surface area contributed by atoms with Crippen molar-refractivity contribution in [1.29, 1.82) is 0 Å². The van der Waals surface area contributed by atoms with Crippen LogP contribution in [0.2, 0.25) is 0 Å². The van der Waals surface area contributed by atoms with Gasteiger partial charge >= 0.3 is 0 Å². The Balaban J connectivity index is 2.88. The second kappa shape index (κ2) is 4.49. The molecule has 0 aliphatic carbocycles. The average molecular weight is 201 g/mol. The number of alkyl halides is 1. The first-order valence-electron chi connectivity index (χ1n) is 4.11. The number of hydrogen-bond acceptors (Lipinski definition) is 2. The lowest BCUT2D eigenvalue weighted by atomic mass is 10.1. The van der Waals surface area contributed by atoms with Gasteiger partial charge in [0.1, 0.15) is 5.75 Å². The average Bonchev–Trinajstić information content (AvgIpc) is 2.16. The van der Waals surface area contributed by atoms with Gasteiger partial charge in [-0.25, -0.2) is 0 Å². The number of aliphatic hydroxyl groups excluding tert-OH is 1. The second-order valence-corrected chi connectivity index (χ2v) is 3.39. The predicted molar refractivity (Wildman–Crippen MR) is 53.3 cm³/mol. The molecule has 2 unspecified atom stereocenters. The second-order valence-electron chi connectivity index (χ2n) is 2.92. The Morgan fingerprint density at radius 1 is 1.46 bits per heavy atom. The Bertz CT molecular complexity index is 273. The van der Waals surface area contributed by atoms with E-state index in [1.165, 1.54) is 0 Å². The molecule has 1 N–H and O–H groups in total. The molecule has 1 aromatic carbocycles. The number of rotatable bonds is 3. The van der Waals surface area contributed by atoms with E-state index < -0.39 is 6.10 Å². The summed E-state index contributed by atoms with van der Waals surface area (Å²) in [5.41, 5.74) is 0.871. The van der Waals surface area contributed by atoms with Crippen molar-refractivity contribution in [3.8, 4) is 5.75 Å². The van der Waals surface area contributed by atoms with Crippen molar-refractivity contribution in [2.45, 2.75) is 18.4 Å².